The van der Waals surface area contributed by atoms with Gasteiger partial charge in [-0.15, -0.1) is 0 Å². The first-order valence-corrected chi connectivity index (χ1v) is 13.1. The van der Waals surface area contributed by atoms with Gasteiger partial charge < -0.3 is 19.7 Å². The van der Waals surface area contributed by atoms with Crippen LogP contribution in [-0.2, 0) is 13.2 Å². The Labute approximate surface area is 226 Å². The summed E-state index contributed by atoms with van der Waals surface area (Å²) in [5.74, 6) is 1.52. The molecule has 0 aromatic heterocycles. The number of carbonyl (C=O) groups excluding carboxylic acids is 1. The summed E-state index contributed by atoms with van der Waals surface area (Å²) in [4.78, 5) is 14.9. The zero-order valence-electron chi connectivity index (χ0n) is 22.2. The minimum atomic E-state index is -0.0734. The van der Waals surface area contributed by atoms with Crippen molar-refractivity contribution in [3.05, 3.63) is 131 Å². The van der Waals surface area contributed by atoms with Crippen molar-refractivity contribution in [1.29, 1.82) is 0 Å². The Morgan fingerprint density at radius 3 is 1.97 bits per heavy atom. The normalized spacial score (nSPS) is 10.7. The topological polar surface area (TPSA) is 50.8 Å². The van der Waals surface area contributed by atoms with E-state index in [1.54, 1.807) is 7.11 Å². The van der Waals surface area contributed by atoms with Gasteiger partial charge in [0, 0.05) is 25.6 Å². The number of hydrogen-bond donors (Lipinski definition) is 1. The van der Waals surface area contributed by atoms with Crippen molar-refractivity contribution < 1.29 is 14.3 Å². The Kier molecular flexibility index (Phi) is 9.80. The number of nitrogens with one attached hydrogen (secondary N) is 1. The average molecular weight is 509 g/mol. The Hall–Kier alpha value is -4.25. The minimum Gasteiger partial charge on any atom is -0.493 e. The van der Waals surface area contributed by atoms with Gasteiger partial charge in [-0.1, -0.05) is 97.1 Å². The minimum absolute atomic E-state index is 0.0734. The summed E-state index contributed by atoms with van der Waals surface area (Å²) in [5.41, 5.74) is 4.57. The molecule has 0 saturated carbocycles. The van der Waals surface area contributed by atoms with Crippen molar-refractivity contribution in [1.82, 2.24) is 10.2 Å². The molecule has 0 unspecified atom stereocenters. The summed E-state index contributed by atoms with van der Waals surface area (Å²) in [6.07, 6.45) is 0.806. The maximum atomic E-state index is 13.1. The van der Waals surface area contributed by atoms with E-state index in [4.69, 9.17) is 9.47 Å². The smallest absolute Gasteiger partial charge is 0.317 e. The second kappa shape index (κ2) is 13.9. The number of urea groups is 1. The highest BCUT2D eigenvalue weighted by Gasteiger charge is 2.20. The summed E-state index contributed by atoms with van der Waals surface area (Å²) in [6.45, 7) is 4.05. The quantitative estimate of drug-likeness (QED) is 0.224. The van der Waals surface area contributed by atoms with Crippen molar-refractivity contribution in [3.63, 3.8) is 0 Å². The van der Waals surface area contributed by atoms with Crippen LogP contribution in [0.2, 0.25) is 0 Å². The number of hydrogen-bond acceptors (Lipinski definition) is 3. The van der Waals surface area contributed by atoms with Crippen LogP contribution in [-0.4, -0.2) is 31.1 Å². The summed E-state index contributed by atoms with van der Waals surface area (Å²) < 4.78 is 11.7. The Morgan fingerprint density at radius 2 is 1.39 bits per heavy atom. The molecule has 4 rings (SSSR count). The van der Waals surface area contributed by atoms with E-state index in [0.29, 0.717) is 37.7 Å². The van der Waals surface area contributed by atoms with Crippen molar-refractivity contribution in [2.75, 3.05) is 20.2 Å². The number of nitrogens with zero attached hydrogens (tertiary/aromatic N) is 1. The van der Waals surface area contributed by atoms with Gasteiger partial charge in [0.2, 0.25) is 0 Å². The molecule has 1 N–H and O–H groups in total. The van der Waals surface area contributed by atoms with E-state index in [1.807, 2.05) is 72.5 Å². The molecule has 0 fully saturated rings. The van der Waals surface area contributed by atoms with Gasteiger partial charge in [0.05, 0.1) is 7.11 Å². The van der Waals surface area contributed by atoms with Crippen LogP contribution in [0.3, 0.4) is 0 Å². The lowest BCUT2D eigenvalue weighted by atomic mass is 9.88. The first kappa shape index (κ1) is 26.8. The van der Waals surface area contributed by atoms with Gasteiger partial charge in [0.25, 0.3) is 0 Å². The predicted octanol–water partition coefficient (Wildman–Crippen LogP) is 7.03. The predicted molar refractivity (Wildman–Crippen MR) is 153 cm³/mol. The SMILES string of the molecule is CCNC(=O)N(CCC(c1ccccc1)c1ccccc1)Cc1ccc(OCc2ccccc2)c(OC)c1. The molecule has 4 aromatic carbocycles. The number of rotatable bonds is 12. The average Bonchev–Trinajstić information content (AvgIpc) is 2.97. The van der Waals surface area contributed by atoms with Crippen LogP contribution in [0.25, 0.3) is 0 Å². The maximum absolute atomic E-state index is 13.1. The lowest BCUT2D eigenvalue weighted by Gasteiger charge is -2.26. The number of amides is 2. The molecule has 0 atom stereocenters. The number of ether oxygens (including phenoxy) is 2. The van der Waals surface area contributed by atoms with Crippen LogP contribution in [0.15, 0.2) is 109 Å². The lowest BCUT2D eigenvalue weighted by molar-refractivity contribution is 0.194. The molecular weight excluding hydrogens is 472 g/mol. The molecule has 0 spiro atoms. The summed E-state index contributed by atoms with van der Waals surface area (Å²) in [7, 11) is 1.64. The molecule has 0 aliphatic carbocycles. The number of carbonyl (C=O) groups is 1. The fourth-order valence-electron chi connectivity index (χ4n) is 4.58. The third-order valence-corrected chi connectivity index (χ3v) is 6.55. The maximum Gasteiger partial charge on any atom is 0.317 e. The highest BCUT2D eigenvalue weighted by atomic mass is 16.5. The first-order valence-electron chi connectivity index (χ1n) is 13.1. The Morgan fingerprint density at radius 1 is 0.789 bits per heavy atom. The van der Waals surface area contributed by atoms with Gasteiger partial charge in [-0.3, -0.25) is 0 Å². The van der Waals surface area contributed by atoms with Gasteiger partial charge in [-0.05, 0) is 47.7 Å². The fraction of sp³-hybridized carbons (Fsp3) is 0.242. The van der Waals surface area contributed by atoms with Gasteiger partial charge in [-0.25, -0.2) is 4.79 Å². The van der Waals surface area contributed by atoms with E-state index >= 15 is 0 Å². The molecular formula is C33H36N2O3. The lowest BCUT2D eigenvalue weighted by Crippen LogP contribution is -2.40. The monoisotopic (exact) mass is 508 g/mol. The summed E-state index contributed by atoms with van der Waals surface area (Å²) in [5, 5.41) is 2.98. The molecule has 0 bridgehead atoms. The van der Waals surface area contributed by atoms with Crippen molar-refractivity contribution in [2.45, 2.75) is 32.4 Å². The van der Waals surface area contributed by atoms with Gasteiger partial charge in [-0.2, -0.15) is 0 Å². The van der Waals surface area contributed by atoms with E-state index in [2.05, 4.69) is 53.8 Å². The standard InChI is InChI=1S/C33H36N2O3/c1-3-34-33(36)35(22-21-30(28-15-9-5-10-16-28)29-17-11-6-12-18-29)24-27-19-20-31(32(23-27)37-2)38-25-26-13-7-4-8-14-26/h4-20,23,30H,3,21-22,24-25H2,1-2H3,(H,34,36). The van der Waals surface area contributed by atoms with Gasteiger partial charge in [0.15, 0.2) is 11.5 Å². The molecule has 0 aliphatic heterocycles. The third kappa shape index (κ3) is 7.39. The largest absolute Gasteiger partial charge is 0.493 e. The van der Waals surface area contributed by atoms with Crippen LogP contribution in [0, 0.1) is 0 Å². The number of methoxy groups -OCH3 is 1. The molecule has 0 heterocycles. The third-order valence-electron chi connectivity index (χ3n) is 6.55. The summed E-state index contributed by atoms with van der Waals surface area (Å²) >= 11 is 0. The summed E-state index contributed by atoms with van der Waals surface area (Å²) in [6, 6.07) is 36.8. The highest BCUT2D eigenvalue weighted by molar-refractivity contribution is 5.74. The second-order valence-electron chi connectivity index (χ2n) is 9.18. The second-order valence-corrected chi connectivity index (χ2v) is 9.18. The Balaban J connectivity index is 1.49. The van der Waals surface area contributed by atoms with Crippen LogP contribution in [0.1, 0.15) is 41.5 Å². The van der Waals surface area contributed by atoms with E-state index in [9.17, 15) is 4.79 Å². The van der Waals surface area contributed by atoms with E-state index in [-0.39, 0.29) is 11.9 Å². The zero-order chi connectivity index (χ0) is 26.6. The molecule has 5 heteroatoms. The van der Waals surface area contributed by atoms with E-state index in [0.717, 1.165) is 17.5 Å². The van der Waals surface area contributed by atoms with Gasteiger partial charge in [0.1, 0.15) is 6.61 Å². The highest BCUT2D eigenvalue weighted by Crippen LogP contribution is 2.31. The molecule has 196 valence electrons. The molecule has 0 saturated heterocycles. The van der Waals surface area contributed by atoms with Crippen molar-refractivity contribution >= 4 is 6.03 Å². The van der Waals surface area contributed by atoms with Crippen LogP contribution in [0.5, 0.6) is 11.5 Å². The molecule has 5 nitrogen and oxygen atoms in total. The molecule has 2 amide bonds. The Bertz CT molecular complexity index is 1220. The number of benzene rings is 4. The van der Waals surface area contributed by atoms with Gasteiger partial charge >= 0.3 is 6.03 Å². The molecule has 4 aromatic rings. The molecule has 0 aliphatic rings. The van der Waals surface area contributed by atoms with Crippen molar-refractivity contribution in [3.8, 4) is 11.5 Å². The van der Waals surface area contributed by atoms with Crippen molar-refractivity contribution in [2.24, 2.45) is 0 Å². The molecule has 38 heavy (non-hydrogen) atoms. The zero-order valence-corrected chi connectivity index (χ0v) is 22.2. The van der Waals surface area contributed by atoms with Crippen LogP contribution in [0.4, 0.5) is 4.79 Å². The van der Waals surface area contributed by atoms with Crippen LogP contribution < -0.4 is 14.8 Å². The fourth-order valence-corrected chi connectivity index (χ4v) is 4.58. The van der Waals surface area contributed by atoms with E-state index < -0.39 is 0 Å². The van der Waals surface area contributed by atoms with Crippen LogP contribution >= 0.6 is 0 Å². The van der Waals surface area contributed by atoms with E-state index in [1.165, 1.54) is 11.1 Å². The molecule has 0 radical (unpaired) electrons. The first-order chi connectivity index (χ1) is 18.7.